The Balaban J connectivity index is 2.08. The lowest BCUT2D eigenvalue weighted by molar-refractivity contribution is 0.0696. The van der Waals surface area contributed by atoms with Crippen LogP contribution >= 0.6 is 15.9 Å². The first-order valence-electron chi connectivity index (χ1n) is 13.9. The van der Waals surface area contributed by atoms with E-state index in [1.165, 1.54) is 16.7 Å². The van der Waals surface area contributed by atoms with Crippen LogP contribution < -0.4 is 0 Å². The molecule has 2 nitrogen and oxygen atoms in total. The topological polar surface area (TPSA) is 37.3 Å². The Morgan fingerprint density at radius 2 is 0.875 bits per heavy atom. The largest absolute Gasteiger partial charge is 0.478 e. The maximum atomic E-state index is 12.5. The second-order valence-electron chi connectivity index (χ2n) is 13.8. The van der Waals surface area contributed by atoms with Gasteiger partial charge in [0.1, 0.15) is 0 Å². The molecule has 0 unspecified atom stereocenters. The van der Waals surface area contributed by atoms with E-state index in [2.05, 4.69) is 151 Å². The molecule has 3 heteroatoms. The molecule has 0 fully saturated rings. The van der Waals surface area contributed by atoms with Crippen molar-refractivity contribution in [2.45, 2.75) is 78.6 Å². The zero-order valence-corrected chi connectivity index (χ0v) is 26.8. The fourth-order valence-electron chi connectivity index (χ4n) is 5.04. The molecule has 0 heterocycles. The molecule has 4 aromatic carbocycles. The van der Waals surface area contributed by atoms with E-state index in [0.29, 0.717) is 4.47 Å². The second-order valence-corrected chi connectivity index (χ2v) is 14.6. The van der Waals surface area contributed by atoms with E-state index in [9.17, 15) is 9.90 Å². The zero-order valence-electron chi connectivity index (χ0n) is 25.2. The van der Waals surface area contributed by atoms with Crippen LogP contribution in [0, 0.1) is 0 Å². The molecule has 208 valence electrons. The summed E-state index contributed by atoms with van der Waals surface area (Å²) in [5.41, 5.74) is 9.87. The lowest BCUT2D eigenvalue weighted by Crippen LogP contribution is -2.11. The van der Waals surface area contributed by atoms with Gasteiger partial charge in [-0.1, -0.05) is 135 Å². The van der Waals surface area contributed by atoms with Crippen LogP contribution in [0.4, 0.5) is 0 Å². The zero-order chi connectivity index (χ0) is 29.6. The van der Waals surface area contributed by atoms with Crippen molar-refractivity contribution in [1.82, 2.24) is 0 Å². The smallest absolute Gasteiger partial charge is 0.336 e. The van der Waals surface area contributed by atoms with Gasteiger partial charge in [-0.25, -0.2) is 4.79 Å². The minimum Gasteiger partial charge on any atom is -0.478 e. The van der Waals surface area contributed by atoms with Gasteiger partial charge in [0.2, 0.25) is 0 Å². The Kier molecular flexibility index (Phi) is 7.95. The Morgan fingerprint density at radius 1 is 0.550 bits per heavy atom. The third-order valence-electron chi connectivity index (χ3n) is 7.64. The van der Waals surface area contributed by atoms with E-state index >= 15 is 0 Å². The van der Waals surface area contributed by atoms with Gasteiger partial charge in [-0.05, 0) is 82.7 Å². The fraction of sp³-hybridized carbons (Fsp3) is 0.324. The molecule has 0 aliphatic heterocycles. The average Bonchev–Trinajstić information content (AvgIpc) is 2.87. The van der Waals surface area contributed by atoms with Gasteiger partial charge < -0.3 is 5.11 Å². The minimum atomic E-state index is -0.957. The van der Waals surface area contributed by atoms with Crippen molar-refractivity contribution in [3.63, 3.8) is 0 Å². The molecule has 40 heavy (non-hydrogen) atoms. The summed E-state index contributed by atoms with van der Waals surface area (Å²) in [5.74, 6) is -0.957. The predicted octanol–water partition coefficient (Wildman–Crippen LogP) is 11.0. The van der Waals surface area contributed by atoms with Gasteiger partial charge in [0.15, 0.2) is 0 Å². The summed E-state index contributed by atoms with van der Waals surface area (Å²) in [6.45, 7) is 19.8. The Bertz CT molecular complexity index is 1520. The first-order chi connectivity index (χ1) is 18.5. The molecule has 0 saturated carbocycles. The van der Waals surface area contributed by atoms with Gasteiger partial charge >= 0.3 is 5.97 Å². The molecule has 0 aliphatic carbocycles. The Morgan fingerprint density at radius 3 is 1.20 bits per heavy atom. The van der Waals surface area contributed by atoms with E-state index < -0.39 is 5.97 Å². The summed E-state index contributed by atoms with van der Waals surface area (Å²) in [4.78, 5) is 12.5. The molecule has 4 rings (SSSR count). The van der Waals surface area contributed by atoms with Crippen LogP contribution in [0.2, 0.25) is 0 Å². The highest BCUT2D eigenvalue weighted by molar-refractivity contribution is 9.10. The summed E-state index contributed by atoms with van der Waals surface area (Å²) >= 11 is 3.73. The van der Waals surface area contributed by atoms with E-state index in [0.717, 1.165) is 33.4 Å². The third kappa shape index (κ3) is 6.10. The number of carbonyl (C=O) groups is 1. The van der Waals surface area contributed by atoms with Gasteiger partial charge in [0, 0.05) is 10.0 Å². The number of carboxylic acid groups (broad SMARTS) is 1. The molecular weight excluding hydrogens is 556 g/mol. The summed E-state index contributed by atoms with van der Waals surface area (Å²) in [6.07, 6.45) is 0. The van der Waals surface area contributed by atoms with Crippen molar-refractivity contribution < 1.29 is 9.90 Å². The molecule has 0 bridgehead atoms. The molecule has 0 aliphatic rings. The standard InChI is InChI=1S/C37H41BrO2/c1-35(2,3)26-16-10-23(11-17-26)29-22-30(34(39)40)33(38)32(25-14-20-28(21-15-25)37(7,8)9)31(29)24-12-18-27(19-13-24)36(4,5)6/h10-22H,1-9H3,(H,39,40). The van der Waals surface area contributed by atoms with E-state index in [-0.39, 0.29) is 21.8 Å². The van der Waals surface area contributed by atoms with E-state index in [1.807, 2.05) is 6.07 Å². The highest BCUT2D eigenvalue weighted by Crippen LogP contribution is 2.47. The van der Waals surface area contributed by atoms with E-state index in [4.69, 9.17) is 0 Å². The third-order valence-corrected chi connectivity index (χ3v) is 8.46. The van der Waals surface area contributed by atoms with Crippen LogP contribution in [0.5, 0.6) is 0 Å². The second kappa shape index (κ2) is 10.7. The molecular formula is C37H41BrO2. The molecule has 0 radical (unpaired) electrons. The van der Waals surface area contributed by atoms with Gasteiger partial charge in [0.25, 0.3) is 0 Å². The molecule has 0 saturated heterocycles. The SMILES string of the molecule is CC(C)(C)c1ccc(-c2cc(C(=O)O)c(Br)c(-c3ccc(C(C)(C)C)cc3)c2-c2ccc(C(C)(C)C)cc2)cc1. The minimum absolute atomic E-state index is 0.0181. The lowest BCUT2D eigenvalue weighted by atomic mass is 9.81. The van der Waals surface area contributed by atoms with Crippen LogP contribution in [-0.2, 0) is 16.2 Å². The molecule has 0 atom stereocenters. The normalized spacial score (nSPS) is 12.4. The number of halogens is 1. The molecule has 4 aromatic rings. The number of hydrogen-bond acceptors (Lipinski definition) is 1. The van der Waals surface area contributed by atoms with Gasteiger partial charge in [0.05, 0.1) is 5.56 Å². The quantitative estimate of drug-likeness (QED) is 0.254. The van der Waals surface area contributed by atoms with Crippen molar-refractivity contribution in [3.05, 3.63) is 106 Å². The number of hydrogen-bond donors (Lipinski definition) is 1. The summed E-state index contributed by atoms with van der Waals surface area (Å²) in [5, 5.41) is 10.3. The lowest BCUT2D eigenvalue weighted by Gasteiger charge is -2.24. The van der Waals surface area contributed by atoms with Crippen molar-refractivity contribution in [1.29, 1.82) is 0 Å². The molecule has 0 aromatic heterocycles. The maximum Gasteiger partial charge on any atom is 0.336 e. The maximum absolute atomic E-state index is 12.5. The average molecular weight is 598 g/mol. The highest BCUT2D eigenvalue weighted by Gasteiger charge is 2.25. The highest BCUT2D eigenvalue weighted by atomic mass is 79.9. The van der Waals surface area contributed by atoms with Gasteiger partial charge in [-0.3, -0.25) is 0 Å². The monoisotopic (exact) mass is 596 g/mol. The summed E-state index contributed by atoms with van der Waals surface area (Å²) < 4.78 is 0.591. The first kappa shape index (κ1) is 29.8. The summed E-state index contributed by atoms with van der Waals surface area (Å²) in [7, 11) is 0. The van der Waals surface area contributed by atoms with E-state index in [1.54, 1.807) is 0 Å². The van der Waals surface area contributed by atoms with Crippen LogP contribution in [-0.4, -0.2) is 11.1 Å². The Labute approximate surface area is 248 Å². The molecule has 0 spiro atoms. The Hall–Kier alpha value is -3.17. The van der Waals surface area contributed by atoms with Crippen molar-refractivity contribution >= 4 is 21.9 Å². The van der Waals surface area contributed by atoms with Crippen LogP contribution in [0.1, 0.15) is 89.4 Å². The number of rotatable bonds is 4. The van der Waals surface area contributed by atoms with Gasteiger partial charge in [-0.15, -0.1) is 0 Å². The number of benzene rings is 4. The van der Waals surface area contributed by atoms with Crippen LogP contribution in [0.25, 0.3) is 33.4 Å². The molecule has 1 N–H and O–H groups in total. The van der Waals surface area contributed by atoms with Crippen molar-refractivity contribution in [3.8, 4) is 33.4 Å². The molecule has 0 amide bonds. The van der Waals surface area contributed by atoms with Crippen molar-refractivity contribution in [2.75, 3.05) is 0 Å². The van der Waals surface area contributed by atoms with Crippen molar-refractivity contribution in [2.24, 2.45) is 0 Å². The summed E-state index contributed by atoms with van der Waals surface area (Å²) in [6, 6.07) is 27.6. The first-order valence-corrected chi connectivity index (χ1v) is 14.7. The number of carboxylic acids is 1. The number of aromatic carboxylic acids is 1. The van der Waals surface area contributed by atoms with Crippen LogP contribution in [0.15, 0.2) is 83.3 Å². The van der Waals surface area contributed by atoms with Gasteiger partial charge in [-0.2, -0.15) is 0 Å². The fourth-order valence-corrected chi connectivity index (χ4v) is 5.75. The van der Waals surface area contributed by atoms with Crippen LogP contribution in [0.3, 0.4) is 0 Å². The predicted molar refractivity (Wildman–Crippen MR) is 174 cm³/mol.